The van der Waals surface area contributed by atoms with Gasteiger partial charge in [-0.05, 0) is 24.6 Å². The average Bonchev–Trinajstić information content (AvgIpc) is 2.27. The average molecular weight is 268 g/mol. The van der Waals surface area contributed by atoms with E-state index in [1.807, 2.05) is 20.8 Å². The molecule has 0 bridgehead atoms. The number of nitrogens with one attached hydrogen (secondary N) is 1. The van der Waals surface area contributed by atoms with E-state index in [1.54, 1.807) is 25.1 Å². The number of hydrogen-bond donors (Lipinski definition) is 1. The molecule has 0 saturated carbocycles. The number of benzene rings is 1. The second kappa shape index (κ2) is 5.53. The highest BCUT2D eigenvalue weighted by molar-refractivity contribution is 6.31. The topological polar surface area (TPSA) is 46.2 Å². The smallest absolute Gasteiger partial charge is 0.251 e. The van der Waals surface area contributed by atoms with Crippen molar-refractivity contribution in [3.8, 4) is 0 Å². The molecule has 0 aliphatic heterocycles. The van der Waals surface area contributed by atoms with Crippen molar-refractivity contribution in [1.82, 2.24) is 5.32 Å². The molecule has 0 spiro atoms. The van der Waals surface area contributed by atoms with Gasteiger partial charge in [-0.3, -0.25) is 9.59 Å². The highest BCUT2D eigenvalue weighted by Gasteiger charge is 2.21. The van der Waals surface area contributed by atoms with Crippen LogP contribution in [0.3, 0.4) is 0 Å². The second-order valence-electron chi connectivity index (χ2n) is 5.27. The zero-order chi connectivity index (χ0) is 13.9. The lowest BCUT2D eigenvalue weighted by atomic mass is 9.91. The van der Waals surface area contributed by atoms with Gasteiger partial charge in [-0.2, -0.15) is 0 Å². The Balaban J connectivity index is 2.73. The van der Waals surface area contributed by atoms with E-state index in [0.717, 1.165) is 5.56 Å². The van der Waals surface area contributed by atoms with Crippen molar-refractivity contribution < 1.29 is 9.59 Å². The van der Waals surface area contributed by atoms with Gasteiger partial charge in [0, 0.05) is 16.0 Å². The van der Waals surface area contributed by atoms with Crippen molar-refractivity contribution in [2.45, 2.75) is 27.7 Å². The van der Waals surface area contributed by atoms with Crippen LogP contribution in [-0.2, 0) is 4.79 Å². The first-order valence-electron chi connectivity index (χ1n) is 5.80. The van der Waals surface area contributed by atoms with Crippen molar-refractivity contribution >= 4 is 23.3 Å². The third-order valence-corrected chi connectivity index (χ3v) is 3.17. The number of carbonyl (C=O) groups is 2. The summed E-state index contributed by atoms with van der Waals surface area (Å²) in [5, 5.41) is 3.17. The van der Waals surface area contributed by atoms with Crippen molar-refractivity contribution in [3.63, 3.8) is 0 Å². The Bertz CT molecular complexity index is 475. The van der Waals surface area contributed by atoms with Crippen LogP contribution in [-0.4, -0.2) is 18.2 Å². The van der Waals surface area contributed by atoms with Gasteiger partial charge in [0.25, 0.3) is 5.91 Å². The van der Waals surface area contributed by atoms with E-state index in [2.05, 4.69) is 5.32 Å². The predicted octanol–water partition coefficient (Wildman–Crippen LogP) is 2.99. The molecule has 0 saturated heterocycles. The lowest BCUT2D eigenvalue weighted by molar-refractivity contribution is -0.125. The summed E-state index contributed by atoms with van der Waals surface area (Å²) in [5.74, 6) is -0.275. The Kier molecular flexibility index (Phi) is 4.52. The minimum atomic E-state index is -0.448. The zero-order valence-electron chi connectivity index (χ0n) is 11.1. The van der Waals surface area contributed by atoms with E-state index in [-0.39, 0.29) is 18.2 Å². The predicted molar refractivity (Wildman–Crippen MR) is 73.0 cm³/mol. The quantitative estimate of drug-likeness (QED) is 0.915. The van der Waals surface area contributed by atoms with Crippen LogP contribution in [0.1, 0.15) is 36.7 Å². The van der Waals surface area contributed by atoms with Crippen LogP contribution in [0.4, 0.5) is 0 Å². The number of ketones is 1. The summed E-state index contributed by atoms with van der Waals surface area (Å²) >= 11 is 5.95. The van der Waals surface area contributed by atoms with Gasteiger partial charge in [0.1, 0.15) is 0 Å². The van der Waals surface area contributed by atoms with Gasteiger partial charge in [0.15, 0.2) is 5.78 Å². The fourth-order valence-electron chi connectivity index (χ4n) is 1.37. The number of amides is 1. The maximum atomic E-state index is 11.9. The van der Waals surface area contributed by atoms with Crippen LogP contribution in [0.25, 0.3) is 0 Å². The molecule has 98 valence electrons. The van der Waals surface area contributed by atoms with Crippen molar-refractivity contribution in [2.24, 2.45) is 5.41 Å². The molecule has 1 N–H and O–H groups in total. The Hall–Kier alpha value is -1.35. The molecule has 0 fully saturated rings. The van der Waals surface area contributed by atoms with E-state index in [0.29, 0.717) is 10.6 Å². The monoisotopic (exact) mass is 267 g/mol. The fraction of sp³-hybridized carbons (Fsp3) is 0.429. The fourth-order valence-corrected chi connectivity index (χ4v) is 1.55. The molecular weight excluding hydrogens is 250 g/mol. The molecule has 0 unspecified atom stereocenters. The van der Waals surface area contributed by atoms with Crippen LogP contribution in [0.5, 0.6) is 0 Å². The molecule has 4 heteroatoms. The molecule has 0 heterocycles. The molecule has 1 aromatic rings. The minimum Gasteiger partial charge on any atom is -0.345 e. The van der Waals surface area contributed by atoms with Gasteiger partial charge in [0.05, 0.1) is 6.54 Å². The molecular formula is C14H18ClNO2. The summed E-state index contributed by atoms with van der Waals surface area (Å²) in [6.07, 6.45) is 0. The van der Waals surface area contributed by atoms with E-state index in [1.165, 1.54) is 0 Å². The van der Waals surface area contributed by atoms with Gasteiger partial charge in [0.2, 0.25) is 0 Å². The molecule has 1 aromatic carbocycles. The summed E-state index contributed by atoms with van der Waals surface area (Å²) in [6, 6.07) is 5.14. The number of Topliss-reactive ketones (excluding diaryl/α,β-unsaturated/α-hetero) is 1. The largest absolute Gasteiger partial charge is 0.345 e. The third kappa shape index (κ3) is 3.57. The molecule has 3 nitrogen and oxygen atoms in total. The van der Waals surface area contributed by atoms with Crippen molar-refractivity contribution in [3.05, 3.63) is 34.3 Å². The third-order valence-electron chi connectivity index (χ3n) is 2.76. The highest BCUT2D eigenvalue weighted by Crippen LogP contribution is 2.19. The Labute approximate surface area is 113 Å². The van der Waals surface area contributed by atoms with Crippen molar-refractivity contribution in [2.75, 3.05) is 6.54 Å². The lowest BCUT2D eigenvalue weighted by Crippen LogP contribution is -2.35. The van der Waals surface area contributed by atoms with E-state index in [9.17, 15) is 9.59 Å². The Morgan fingerprint density at radius 1 is 1.28 bits per heavy atom. The van der Waals surface area contributed by atoms with Gasteiger partial charge in [-0.1, -0.05) is 38.4 Å². The summed E-state index contributed by atoms with van der Waals surface area (Å²) < 4.78 is 0. The number of hydrogen-bond acceptors (Lipinski definition) is 2. The first kappa shape index (κ1) is 14.7. The minimum absolute atomic E-state index is 0.00414. The van der Waals surface area contributed by atoms with Gasteiger partial charge in [-0.15, -0.1) is 0 Å². The Morgan fingerprint density at radius 2 is 1.89 bits per heavy atom. The van der Waals surface area contributed by atoms with E-state index < -0.39 is 5.41 Å². The summed E-state index contributed by atoms with van der Waals surface area (Å²) in [5.41, 5.74) is 0.778. The summed E-state index contributed by atoms with van der Waals surface area (Å²) in [7, 11) is 0. The number of rotatable bonds is 3. The van der Waals surface area contributed by atoms with Crippen LogP contribution in [0, 0.1) is 12.3 Å². The second-order valence-corrected chi connectivity index (χ2v) is 5.68. The standard InChI is InChI=1S/C14H18ClNO2/c1-9-10(6-5-7-11(9)15)13(18)16-8-12(17)14(2,3)4/h5-7H,8H2,1-4H3,(H,16,18). The number of halogens is 1. The molecule has 18 heavy (non-hydrogen) atoms. The molecule has 1 rings (SSSR count). The molecule has 0 radical (unpaired) electrons. The van der Waals surface area contributed by atoms with E-state index >= 15 is 0 Å². The highest BCUT2D eigenvalue weighted by atomic mass is 35.5. The maximum Gasteiger partial charge on any atom is 0.251 e. The number of carbonyl (C=O) groups excluding carboxylic acids is 2. The Morgan fingerprint density at radius 3 is 2.44 bits per heavy atom. The normalized spacial score (nSPS) is 11.2. The lowest BCUT2D eigenvalue weighted by Gasteiger charge is -2.17. The molecule has 0 aliphatic carbocycles. The van der Waals surface area contributed by atoms with E-state index in [4.69, 9.17) is 11.6 Å². The van der Waals surface area contributed by atoms with Gasteiger partial charge in [-0.25, -0.2) is 0 Å². The molecule has 0 aliphatic rings. The first-order chi connectivity index (χ1) is 8.23. The van der Waals surface area contributed by atoms with Crippen LogP contribution >= 0.6 is 11.6 Å². The zero-order valence-corrected chi connectivity index (χ0v) is 11.9. The van der Waals surface area contributed by atoms with Gasteiger partial charge < -0.3 is 5.32 Å². The van der Waals surface area contributed by atoms with Crippen LogP contribution in [0.15, 0.2) is 18.2 Å². The van der Waals surface area contributed by atoms with Crippen molar-refractivity contribution in [1.29, 1.82) is 0 Å². The van der Waals surface area contributed by atoms with Gasteiger partial charge >= 0.3 is 0 Å². The molecule has 0 aromatic heterocycles. The summed E-state index contributed by atoms with van der Waals surface area (Å²) in [6.45, 7) is 7.29. The maximum absolute atomic E-state index is 11.9. The molecule has 1 amide bonds. The first-order valence-corrected chi connectivity index (χ1v) is 6.18. The van der Waals surface area contributed by atoms with Crippen LogP contribution < -0.4 is 5.32 Å². The summed E-state index contributed by atoms with van der Waals surface area (Å²) in [4.78, 5) is 23.6. The molecule has 0 atom stereocenters. The SMILES string of the molecule is Cc1c(Cl)cccc1C(=O)NCC(=O)C(C)(C)C. The van der Waals surface area contributed by atoms with Crippen LogP contribution in [0.2, 0.25) is 5.02 Å².